The third-order valence-electron chi connectivity index (χ3n) is 3.15. The molecule has 0 aromatic heterocycles. The van der Waals surface area contributed by atoms with E-state index in [2.05, 4.69) is 15.6 Å². The summed E-state index contributed by atoms with van der Waals surface area (Å²) in [4.78, 5) is 4.05. The lowest BCUT2D eigenvalue weighted by Crippen LogP contribution is -2.37. The summed E-state index contributed by atoms with van der Waals surface area (Å²) < 4.78 is 43.2. The number of rotatable bonds is 8. The third kappa shape index (κ3) is 9.31. The van der Waals surface area contributed by atoms with Gasteiger partial charge in [0.05, 0.1) is 5.56 Å². The van der Waals surface area contributed by atoms with Crippen molar-refractivity contribution in [3.63, 3.8) is 0 Å². The van der Waals surface area contributed by atoms with Gasteiger partial charge in [0.1, 0.15) is 0 Å². The lowest BCUT2D eigenvalue weighted by Gasteiger charge is -2.13. The van der Waals surface area contributed by atoms with E-state index in [0.717, 1.165) is 38.1 Å². The van der Waals surface area contributed by atoms with Gasteiger partial charge in [-0.25, -0.2) is 0 Å². The van der Waals surface area contributed by atoms with E-state index in [9.17, 15) is 13.2 Å². The molecule has 0 atom stereocenters. The van der Waals surface area contributed by atoms with Crippen LogP contribution in [0.25, 0.3) is 0 Å². The number of ether oxygens (including phenoxy) is 1. The van der Waals surface area contributed by atoms with Crippen LogP contribution in [0, 0.1) is 0 Å². The summed E-state index contributed by atoms with van der Waals surface area (Å²) in [5.74, 6) is 0.568. The summed E-state index contributed by atoms with van der Waals surface area (Å²) in [5, 5.41) is 6.13. The van der Waals surface area contributed by atoms with Crippen molar-refractivity contribution < 1.29 is 17.9 Å². The molecule has 0 aliphatic heterocycles. The number of nitrogens with zero attached hydrogens (tertiary/aromatic N) is 1. The zero-order valence-electron chi connectivity index (χ0n) is 13.9. The predicted octanol–water partition coefficient (Wildman–Crippen LogP) is 3.81. The Hall–Kier alpha value is -1.03. The number of hydrogen-bond donors (Lipinski definition) is 2. The molecule has 0 bridgehead atoms. The van der Waals surface area contributed by atoms with Crippen molar-refractivity contribution >= 4 is 29.9 Å². The van der Waals surface area contributed by atoms with Gasteiger partial charge in [0.2, 0.25) is 0 Å². The Morgan fingerprint density at radius 1 is 1.21 bits per heavy atom. The van der Waals surface area contributed by atoms with Crippen LogP contribution in [-0.4, -0.2) is 32.8 Å². The van der Waals surface area contributed by atoms with Crippen LogP contribution in [0.15, 0.2) is 29.3 Å². The number of hydrogen-bond acceptors (Lipinski definition) is 2. The summed E-state index contributed by atoms with van der Waals surface area (Å²) in [7, 11) is 1.63. The van der Waals surface area contributed by atoms with E-state index in [4.69, 9.17) is 4.74 Å². The van der Waals surface area contributed by atoms with Crippen molar-refractivity contribution in [2.75, 3.05) is 26.8 Å². The molecular formula is C16H25F3IN3O. The van der Waals surface area contributed by atoms with Gasteiger partial charge in [-0.15, -0.1) is 24.0 Å². The van der Waals surface area contributed by atoms with Crippen molar-refractivity contribution in [1.82, 2.24) is 10.6 Å². The second-order valence-electron chi connectivity index (χ2n) is 4.95. The van der Waals surface area contributed by atoms with Crippen LogP contribution >= 0.6 is 24.0 Å². The average molecular weight is 459 g/mol. The van der Waals surface area contributed by atoms with E-state index < -0.39 is 11.7 Å². The molecular weight excluding hydrogens is 434 g/mol. The quantitative estimate of drug-likeness (QED) is 0.269. The number of benzene rings is 1. The van der Waals surface area contributed by atoms with Gasteiger partial charge >= 0.3 is 6.18 Å². The van der Waals surface area contributed by atoms with Crippen LogP contribution in [0.5, 0.6) is 0 Å². The molecule has 0 aliphatic rings. The molecule has 138 valence electrons. The molecule has 0 unspecified atom stereocenters. The SMILES string of the molecule is CCOCCCCNC(=NC)NCc1cccc(C(F)(F)F)c1.I. The monoisotopic (exact) mass is 459 g/mol. The fourth-order valence-corrected chi connectivity index (χ4v) is 1.94. The lowest BCUT2D eigenvalue weighted by molar-refractivity contribution is -0.137. The van der Waals surface area contributed by atoms with Gasteiger partial charge < -0.3 is 15.4 Å². The van der Waals surface area contributed by atoms with Crippen molar-refractivity contribution in [2.45, 2.75) is 32.5 Å². The predicted molar refractivity (Wildman–Crippen MR) is 101 cm³/mol. The van der Waals surface area contributed by atoms with E-state index in [1.54, 1.807) is 13.1 Å². The Morgan fingerprint density at radius 2 is 1.96 bits per heavy atom. The van der Waals surface area contributed by atoms with E-state index in [1.165, 1.54) is 6.07 Å². The first-order chi connectivity index (χ1) is 11.0. The molecule has 1 aromatic carbocycles. The Labute approximate surface area is 158 Å². The first kappa shape index (κ1) is 23.0. The number of guanidine groups is 1. The molecule has 0 spiro atoms. The largest absolute Gasteiger partial charge is 0.416 e. The van der Waals surface area contributed by atoms with Gasteiger partial charge in [-0.1, -0.05) is 12.1 Å². The smallest absolute Gasteiger partial charge is 0.382 e. The zero-order chi connectivity index (χ0) is 17.1. The summed E-state index contributed by atoms with van der Waals surface area (Å²) in [5.41, 5.74) is -0.0882. The van der Waals surface area contributed by atoms with Crippen LogP contribution < -0.4 is 10.6 Å². The maximum absolute atomic E-state index is 12.7. The number of alkyl halides is 3. The van der Waals surface area contributed by atoms with Gasteiger partial charge in [-0.05, 0) is 37.5 Å². The molecule has 0 aliphatic carbocycles. The van der Waals surface area contributed by atoms with Crippen molar-refractivity contribution in [3.05, 3.63) is 35.4 Å². The lowest BCUT2D eigenvalue weighted by atomic mass is 10.1. The molecule has 0 saturated heterocycles. The second kappa shape index (κ2) is 12.3. The van der Waals surface area contributed by atoms with Crippen LogP contribution in [0.2, 0.25) is 0 Å². The Morgan fingerprint density at radius 3 is 2.58 bits per heavy atom. The average Bonchev–Trinajstić information content (AvgIpc) is 2.53. The highest BCUT2D eigenvalue weighted by Gasteiger charge is 2.30. The molecule has 0 heterocycles. The zero-order valence-corrected chi connectivity index (χ0v) is 16.3. The molecule has 1 aromatic rings. The van der Waals surface area contributed by atoms with Gasteiger partial charge in [-0.2, -0.15) is 13.2 Å². The van der Waals surface area contributed by atoms with Gasteiger partial charge in [-0.3, -0.25) is 4.99 Å². The minimum atomic E-state index is -4.32. The highest BCUT2D eigenvalue weighted by molar-refractivity contribution is 14.0. The van der Waals surface area contributed by atoms with Crippen LogP contribution in [-0.2, 0) is 17.5 Å². The molecule has 2 N–H and O–H groups in total. The highest BCUT2D eigenvalue weighted by atomic mass is 127. The minimum absolute atomic E-state index is 0. The first-order valence-corrected chi connectivity index (χ1v) is 7.65. The number of halogens is 4. The van der Waals surface area contributed by atoms with E-state index >= 15 is 0 Å². The van der Waals surface area contributed by atoms with E-state index in [-0.39, 0.29) is 30.5 Å². The van der Waals surface area contributed by atoms with Crippen LogP contribution in [0.3, 0.4) is 0 Å². The normalized spacial score (nSPS) is 11.8. The summed E-state index contributed by atoms with van der Waals surface area (Å²) in [6.07, 6.45) is -2.44. The van der Waals surface area contributed by atoms with E-state index in [1.807, 2.05) is 6.92 Å². The molecule has 1 rings (SSSR count). The van der Waals surface area contributed by atoms with Crippen LogP contribution in [0.4, 0.5) is 13.2 Å². The maximum atomic E-state index is 12.7. The Balaban J connectivity index is 0.00000529. The molecule has 0 fully saturated rings. The fourth-order valence-electron chi connectivity index (χ4n) is 1.94. The van der Waals surface area contributed by atoms with Gasteiger partial charge in [0.25, 0.3) is 0 Å². The van der Waals surface area contributed by atoms with Crippen molar-refractivity contribution in [2.24, 2.45) is 4.99 Å². The summed E-state index contributed by atoms with van der Waals surface area (Å²) in [6, 6.07) is 5.26. The molecule has 0 saturated carbocycles. The summed E-state index contributed by atoms with van der Waals surface area (Å²) >= 11 is 0. The number of nitrogens with one attached hydrogen (secondary N) is 2. The van der Waals surface area contributed by atoms with Crippen molar-refractivity contribution in [3.8, 4) is 0 Å². The molecule has 4 nitrogen and oxygen atoms in total. The van der Waals surface area contributed by atoms with Crippen molar-refractivity contribution in [1.29, 1.82) is 0 Å². The highest BCUT2D eigenvalue weighted by Crippen LogP contribution is 2.29. The topological polar surface area (TPSA) is 45.6 Å². The van der Waals surface area contributed by atoms with Crippen LogP contribution in [0.1, 0.15) is 30.9 Å². The first-order valence-electron chi connectivity index (χ1n) is 7.65. The standard InChI is InChI=1S/C16H24F3N3O.HI/c1-3-23-10-5-4-9-21-15(20-2)22-12-13-7-6-8-14(11-13)16(17,18)19;/h6-8,11H,3-5,9-10,12H2,1-2H3,(H2,20,21,22);1H. The Bertz CT molecular complexity index is 496. The van der Waals surface area contributed by atoms with E-state index in [0.29, 0.717) is 18.1 Å². The molecule has 0 radical (unpaired) electrons. The second-order valence-corrected chi connectivity index (χ2v) is 4.95. The van der Waals surface area contributed by atoms with Gasteiger partial charge in [0, 0.05) is 33.4 Å². The molecule has 0 amide bonds. The summed E-state index contributed by atoms with van der Waals surface area (Å²) in [6.45, 7) is 4.41. The molecule has 8 heteroatoms. The number of unbranched alkanes of at least 4 members (excludes halogenated alkanes) is 1. The maximum Gasteiger partial charge on any atom is 0.416 e. The van der Waals surface area contributed by atoms with Gasteiger partial charge in [0.15, 0.2) is 5.96 Å². The minimum Gasteiger partial charge on any atom is -0.382 e. The fraction of sp³-hybridized carbons (Fsp3) is 0.562. The third-order valence-corrected chi connectivity index (χ3v) is 3.15. The molecule has 24 heavy (non-hydrogen) atoms. The Kier molecular flexibility index (Phi) is 11.8. The number of aliphatic imine (C=N–C) groups is 1.